The quantitative estimate of drug-likeness (QED) is 0.762. The van der Waals surface area contributed by atoms with Crippen molar-refractivity contribution in [3.05, 3.63) is 47.5 Å². The maximum absolute atomic E-state index is 12.2. The average molecular weight is 355 g/mol. The van der Waals surface area contributed by atoms with Crippen molar-refractivity contribution in [1.29, 1.82) is 0 Å². The van der Waals surface area contributed by atoms with Gasteiger partial charge >= 0.3 is 0 Å². The van der Waals surface area contributed by atoms with Crippen molar-refractivity contribution in [2.45, 2.75) is 6.54 Å². The topological polar surface area (TPSA) is 63.7 Å². The van der Waals surface area contributed by atoms with Gasteiger partial charge in [0.2, 0.25) is 12.7 Å². The van der Waals surface area contributed by atoms with Gasteiger partial charge in [-0.2, -0.15) is 0 Å². The summed E-state index contributed by atoms with van der Waals surface area (Å²) in [5, 5.41) is 3.88. The van der Waals surface area contributed by atoms with E-state index >= 15 is 0 Å². The van der Waals surface area contributed by atoms with Crippen LogP contribution in [0.3, 0.4) is 0 Å². The van der Waals surface area contributed by atoms with E-state index in [1.54, 1.807) is 29.5 Å². The number of ether oxygens (including phenoxy) is 2. The van der Waals surface area contributed by atoms with E-state index in [-0.39, 0.29) is 19.2 Å². The van der Waals surface area contributed by atoms with E-state index in [1.165, 1.54) is 0 Å². The number of benzene rings is 2. The summed E-state index contributed by atoms with van der Waals surface area (Å²) in [6, 6.07) is 13.4. The molecule has 128 valence electrons. The Hall–Kier alpha value is -2.64. The van der Waals surface area contributed by atoms with Crippen molar-refractivity contribution in [3.8, 4) is 11.5 Å². The van der Waals surface area contributed by atoms with Crippen molar-refractivity contribution in [2.75, 3.05) is 25.7 Å². The molecular weight excluding hydrogens is 338 g/mol. The molecule has 1 amide bonds. The van der Waals surface area contributed by atoms with Crippen LogP contribution in [0.25, 0.3) is 10.2 Å². The van der Waals surface area contributed by atoms with E-state index in [4.69, 9.17) is 9.47 Å². The first-order chi connectivity index (χ1) is 12.2. The number of hydrogen-bond acceptors (Lipinski definition) is 6. The molecule has 0 aliphatic carbocycles. The standard InChI is InChI=1S/C18H17N3O3S/c1-21(10-18-20-13-4-2-3-5-16(13)25-18)9-17(22)19-12-6-7-14-15(8-12)24-11-23-14/h2-8H,9-11H2,1H3,(H,19,22). The number of thiazole rings is 1. The maximum atomic E-state index is 12.2. The molecule has 25 heavy (non-hydrogen) atoms. The van der Waals surface area contributed by atoms with Gasteiger partial charge in [-0.1, -0.05) is 12.1 Å². The van der Waals surface area contributed by atoms with Gasteiger partial charge in [0.1, 0.15) is 5.01 Å². The summed E-state index contributed by atoms with van der Waals surface area (Å²) >= 11 is 1.66. The van der Waals surface area contributed by atoms with Gasteiger partial charge in [-0.25, -0.2) is 4.98 Å². The molecule has 4 rings (SSSR count). The highest BCUT2D eigenvalue weighted by Gasteiger charge is 2.15. The second kappa shape index (κ2) is 6.70. The number of aromatic nitrogens is 1. The third-order valence-corrected chi connectivity index (χ3v) is 4.83. The lowest BCUT2D eigenvalue weighted by Crippen LogP contribution is -2.29. The van der Waals surface area contributed by atoms with E-state index in [2.05, 4.69) is 16.4 Å². The van der Waals surface area contributed by atoms with Crippen LogP contribution in [0.1, 0.15) is 5.01 Å². The van der Waals surface area contributed by atoms with Crippen molar-refractivity contribution in [1.82, 2.24) is 9.88 Å². The van der Waals surface area contributed by atoms with Crippen molar-refractivity contribution in [2.24, 2.45) is 0 Å². The highest BCUT2D eigenvalue weighted by Crippen LogP contribution is 2.34. The molecule has 0 saturated heterocycles. The third kappa shape index (κ3) is 3.57. The zero-order chi connectivity index (χ0) is 17.2. The fourth-order valence-electron chi connectivity index (χ4n) is 2.69. The van der Waals surface area contributed by atoms with Crippen LogP contribution in [0, 0.1) is 0 Å². The Morgan fingerprint density at radius 1 is 1.24 bits per heavy atom. The second-order valence-electron chi connectivity index (χ2n) is 5.86. The monoisotopic (exact) mass is 355 g/mol. The van der Waals surface area contributed by atoms with Gasteiger partial charge in [-0.15, -0.1) is 11.3 Å². The molecule has 2 heterocycles. The molecule has 0 radical (unpaired) electrons. The Bertz CT molecular complexity index is 892. The zero-order valence-electron chi connectivity index (χ0n) is 13.7. The van der Waals surface area contributed by atoms with E-state index in [9.17, 15) is 4.79 Å². The van der Waals surface area contributed by atoms with Crippen molar-refractivity contribution < 1.29 is 14.3 Å². The van der Waals surface area contributed by atoms with Gasteiger partial charge in [0.25, 0.3) is 0 Å². The highest BCUT2D eigenvalue weighted by atomic mass is 32.1. The van der Waals surface area contributed by atoms with Gasteiger partial charge in [0.05, 0.1) is 23.3 Å². The Morgan fingerprint density at radius 2 is 2.08 bits per heavy atom. The Balaban J connectivity index is 1.35. The molecule has 2 aromatic carbocycles. The van der Waals surface area contributed by atoms with Crippen LogP contribution < -0.4 is 14.8 Å². The number of anilines is 1. The van der Waals surface area contributed by atoms with E-state index in [1.807, 2.05) is 30.1 Å². The smallest absolute Gasteiger partial charge is 0.238 e. The van der Waals surface area contributed by atoms with Gasteiger partial charge in [-0.3, -0.25) is 9.69 Å². The maximum Gasteiger partial charge on any atom is 0.238 e. The summed E-state index contributed by atoms with van der Waals surface area (Å²) in [6.45, 7) is 1.13. The molecule has 0 unspecified atom stereocenters. The number of para-hydroxylation sites is 1. The number of carbonyl (C=O) groups excluding carboxylic acids is 1. The van der Waals surface area contributed by atoms with Crippen LogP contribution in [-0.4, -0.2) is 36.2 Å². The minimum absolute atomic E-state index is 0.0810. The van der Waals surface area contributed by atoms with Gasteiger partial charge in [0, 0.05) is 11.8 Å². The first-order valence-corrected chi connectivity index (χ1v) is 8.71. The molecule has 0 spiro atoms. The number of fused-ring (bicyclic) bond motifs is 2. The number of amides is 1. The fraction of sp³-hybridized carbons (Fsp3) is 0.222. The molecule has 0 fully saturated rings. The Labute approximate surface area is 149 Å². The first-order valence-electron chi connectivity index (χ1n) is 7.90. The molecule has 0 atom stereocenters. The number of likely N-dealkylation sites (N-methyl/N-ethyl adjacent to an activating group) is 1. The van der Waals surface area contributed by atoms with Gasteiger partial charge < -0.3 is 14.8 Å². The summed E-state index contributed by atoms with van der Waals surface area (Å²) in [5.74, 6) is 1.27. The molecule has 3 aromatic rings. The molecule has 1 aromatic heterocycles. The van der Waals surface area contributed by atoms with Crippen LogP contribution in [0.5, 0.6) is 11.5 Å². The normalized spacial score (nSPS) is 12.7. The Kier molecular flexibility index (Phi) is 4.25. The molecule has 6 nitrogen and oxygen atoms in total. The van der Waals surface area contributed by atoms with E-state index in [0.717, 1.165) is 15.2 Å². The number of carbonyl (C=O) groups is 1. The van der Waals surface area contributed by atoms with Crippen LogP contribution >= 0.6 is 11.3 Å². The summed E-state index contributed by atoms with van der Waals surface area (Å²) < 4.78 is 11.7. The first kappa shape index (κ1) is 15.9. The SMILES string of the molecule is CN(CC(=O)Nc1ccc2c(c1)OCO2)Cc1nc2ccccc2s1. The average Bonchev–Trinajstić information content (AvgIpc) is 3.19. The van der Waals surface area contributed by atoms with Crippen LogP contribution in [0.15, 0.2) is 42.5 Å². The largest absolute Gasteiger partial charge is 0.454 e. The lowest BCUT2D eigenvalue weighted by atomic mass is 10.2. The van der Waals surface area contributed by atoms with Gasteiger partial charge in [-0.05, 0) is 31.3 Å². The second-order valence-corrected chi connectivity index (χ2v) is 6.98. The molecule has 1 N–H and O–H groups in total. The molecular formula is C18H17N3O3S. The zero-order valence-corrected chi connectivity index (χ0v) is 14.5. The third-order valence-electron chi connectivity index (χ3n) is 3.81. The van der Waals surface area contributed by atoms with Crippen molar-refractivity contribution in [3.63, 3.8) is 0 Å². The summed E-state index contributed by atoms with van der Waals surface area (Å²) in [4.78, 5) is 18.8. The van der Waals surface area contributed by atoms with Crippen LogP contribution in [0.2, 0.25) is 0 Å². The predicted molar refractivity (Wildman–Crippen MR) is 97.1 cm³/mol. The molecule has 1 aliphatic rings. The van der Waals surface area contributed by atoms with Gasteiger partial charge in [0.15, 0.2) is 11.5 Å². The molecule has 0 saturated carbocycles. The molecule has 0 bridgehead atoms. The molecule has 7 heteroatoms. The predicted octanol–water partition coefficient (Wildman–Crippen LogP) is 3.10. The fourth-order valence-corrected chi connectivity index (χ4v) is 3.74. The van der Waals surface area contributed by atoms with E-state index < -0.39 is 0 Å². The number of nitrogens with one attached hydrogen (secondary N) is 1. The lowest BCUT2D eigenvalue weighted by Gasteiger charge is -2.14. The number of nitrogens with zero attached hydrogens (tertiary/aromatic N) is 2. The highest BCUT2D eigenvalue weighted by molar-refractivity contribution is 7.18. The minimum Gasteiger partial charge on any atom is -0.454 e. The summed E-state index contributed by atoms with van der Waals surface area (Å²) in [5.41, 5.74) is 1.70. The van der Waals surface area contributed by atoms with Crippen molar-refractivity contribution >= 4 is 33.1 Å². The Morgan fingerprint density at radius 3 is 2.96 bits per heavy atom. The lowest BCUT2D eigenvalue weighted by molar-refractivity contribution is -0.117. The van der Waals surface area contributed by atoms with Crippen LogP contribution in [0.4, 0.5) is 5.69 Å². The number of rotatable bonds is 5. The van der Waals surface area contributed by atoms with E-state index in [0.29, 0.717) is 23.7 Å². The summed E-state index contributed by atoms with van der Waals surface area (Å²) in [7, 11) is 1.91. The van der Waals surface area contributed by atoms with Crippen LogP contribution in [-0.2, 0) is 11.3 Å². The number of hydrogen-bond donors (Lipinski definition) is 1. The molecule has 1 aliphatic heterocycles. The minimum atomic E-state index is -0.0810. The summed E-state index contributed by atoms with van der Waals surface area (Å²) in [6.07, 6.45) is 0.